The van der Waals surface area contributed by atoms with Gasteiger partial charge in [-0.25, -0.2) is 0 Å². The Morgan fingerprint density at radius 2 is 2.38 bits per heavy atom. The molecule has 4 nitrogen and oxygen atoms in total. The first-order chi connectivity index (χ1) is 6.27. The molecule has 2 aromatic rings. The highest BCUT2D eigenvalue weighted by Gasteiger charge is 2.09. The second-order valence-electron chi connectivity index (χ2n) is 2.75. The average molecular weight is 195 g/mol. The van der Waals surface area contributed by atoms with Gasteiger partial charge in [0.2, 0.25) is 0 Å². The minimum atomic E-state index is -0.0573. The fraction of sp³-hybridized carbons (Fsp3) is 0.250. The van der Waals surface area contributed by atoms with Crippen LogP contribution in [0, 0.1) is 0 Å². The topological polar surface area (TPSA) is 64.9 Å². The molecule has 68 valence electrons. The first-order valence-electron chi connectivity index (χ1n) is 3.89. The highest BCUT2D eigenvalue weighted by molar-refractivity contribution is 7.14. The normalized spacial score (nSPS) is 13.1. The summed E-state index contributed by atoms with van der Waals surface area (Å²) >= 11 is 1.49. The van der Waals surface area contributed by atoms with Gasteiger partial charge in [0.25, 0.3) is 0 Å². The molecule has 0 bridgehead atoms. The van der Waals surface area contributed by atoms with E-state index in [1.807, 2.05) is 13.0 Å². The maximum absolute atomic E-state index is 5.66. The summed E-state index contributed by atoms with van der Waals surface area (Å²) in [5.74, 6) is 0. The summed E-state index contributed by atoms with van der Waals surface area (Å²) in [6, 6.07) is 1.80. The number of aromatic nitrogens is 2. The lowest BCUT2D eigenvalue weighted by Crippen LogP contribution is -2.03. The van der Waals surface area contributed by atoms with Crippen LogP contribution < -0.4 is 5.73 Å². The van der Waals surface area contributed by atoms with Crippen LogP contribution in [0.2, 0.25) is 0 Å². The number of rotatable bonds is 2. The van der Waals surface area contributed by atoms with Crippen LogP contribution in [0.4, 0.5) is 0 Å². The van der Waals surface area contributed by atoms with Crippen LogP contribution >= 0.6 is 11.3 Å². The summed E-state index contributed by atoms with van der Waals surface area (Å²) in [7, 11) is 0. The third-order valence-electron chi connectivity index (χ3n) is 1.60. The molecule has 2 rings (SSSR count). The van der Waals surface area contributed by atoms with Crippen molar-refractivity contribution in [3.05, 3.63) is 23.6 Å². The van der Waals surface area contributed by atoms with Crippen LogP contribution in [0.1, 0.15) is 18.0 Å². The predicted octanol–water partition coefficient (Wildman–Crippen LogP) is 1.82. The quantitative estimate of drug-likeness (QED) is 0.793. The fourth-order valence-electron chi connectivity index (χ4n) is 0.921. The Balaban J connectivity index is 2.33. The van der Waals surface area contributed by atoms with Crippen molar-refractivity contribution in [2.75, 3.05) is 0 Å². The van der Waals surface area contributed by atoms with Crippen molar-refractivity contribution in [1.29, 1.82) is 0 Å². The van der Waals surface area contributed by atoms with Gasteiger partial charge >= 0.3 is 0 Å². The lowest BCUT2D eigenvalue weighted by atomic mass is 10.4. The van der Waals surface area contributed by atoms with E-state index < -0.39 is 0 Å². The maximum atomic E-state index is 5.66. The largest absolute Gasteiger partial charge is 0.472 e. The highest BCUT2D eigenvalue weighted by atomic mass is 32.1. The van der Waals surface area contributed by atoms with E-state index in [-0.39, 0.29) is 6.04 Å². The van der Waals surface area contributed by atoms with Gasteiger partial charge in [0.15, 0.2) is 5.01 Å². The smallest absolute Gasteiger partial charge is 0.151 e. The Morgan fingerprint density at radius 1 is 1.54 bits per heavy atom. The molecule has 0 aromatic carbocycles. The molecule has 0 amide bonds. The monoisotopic (exact) mass is 195 g/mol. The molecular weight excluding hydrogens is 186 g/mol. The van der Waals surface area contributed by atoms with Crippen molar-refractivity contribution >= 4 is 11.3 Å². The van der Waals surface area contributed by atoms with Crippen LogP contribution in [-0.4, -0.2) is 10.2 Å². The van der Waals surface area contributed by atoms with Gasteiger partial charge in [0, 0.05) is 0 Å². The Morgan fingerprint density at radius 3 is 2.92 bits per heavy atom. The van der Waals surface area contributed by atoms with E-state index in [1.54, 1.807) is 12.5 Å². The number of nitrogens with zero attached hydrogens (tertiary/aromatic N) is 2. The standard InChI is InChI=1S/C8H9N3OS/c1-5(9)7-10-11-8(13-7)6-2-3-12-4-6/h2-5H,9H2,1H3. The SMILES string of the molecule is CC(N)c1nnc(-c2ccoc2)s1. The van der Waals surface area contributed by atoms with Gasteiger partial charge in [-0.05, 0) is 13.0 Å². The van der Waals surface area contributed by atoms with Gasteiger partial charge in [0.05, 0.1) is 17.9 Å². The Labute approximate surface area is 79.4 Å². The summed E-state index contributed by atoms with van der Waals surface area (Å²) < 4.78 is 4.95. The van der Waals surface area contributed by atoms with Crippen LogP contribution in [-0.2, 0) is 0 Å². The molecule has 0 aliphatic carbocycles. The Bertz CT molecular complexity index is 380. The van der Waals surface area contributed by atoms with Crippen LogP contribution in [0.5, 0.6) is 0 Å². The molecule has 0 aliphatic heterocycles. The molecule has 0 aliphatic rings. The maximum Gasteiger partial charge on any atom is 0.151 e. The first-order valence-corrected chi connectivity index (χ1v) is 4.70. The third kappa shape index (κ3) is 1.61. The van der Waals surface area contributed by atoms with Crippen molar-refractivity contribution < 1.29 is 4.42 Å². The molecule has 0 fully saturated rings. The lowest BCUT2D eigenvalue weighted by Gasteiger charge is -1.93. The molecule has 0 radical (unpaired) electrons. The minimum absolute atomic E-state index is 0.0573. The molecule has 0 saturated heterocycles. The van der Waals surface area contributed by atoms with E-state index >= 15 is 0 Å². The molecule has 2 aromatic heterocycles. The second kappa shape index (κ2) is 3.27. The predicted molar refractivity (Wildman–Crippen MR) is 50.2 cm³/mol. The molecule has 2 N–H and O–H groups in total. The summed E-state index contributed by atoms with van der Waals surface area (Å²) in [6.45, 7) is 1.89. The van der Waals surface area contributed by atoms with Crippen molar-refractivity contribution in [3.63, 3.8) is 0 Å². The zero-order valence-electron chi connectivity index (χ0n) is 7.10. The number of hydrogen-bond acceptors (Lipinski definition) is 5. The van der Waals surface area contributed by atoms with Crippen molar-refractivity contribution in [3.8, 4) is 10.6 Å². The molecule has 13 heavy (non-hydrogen) atoms. The van der Waals surface area contributed by atoms with Crippen molar-refractivity contribution in [2.24, 2.45) is 5.73 Å². The van der Waals surface area contributed by atoms with Gasteiger partial charge in [-0.2, -0.15) is 0 Å². The summed E-state index contributed by atoms with van der Waals surface area (Å²) in [4.78, 5) is 0. The molecule has 0 saturated carbocycles. The summed E-state index contributed by atoms with van der Waals surface area (Å²) in [6.07, 6.45) is 3.26. The minimum Gasteiger partial charge on any atom is -0.472 e. The lowest BCUT2D eigenvalue weighted by molar-refractivity contribution is 0.568. The zero-order valence-corrected chi connectivity index (χ0v) is 7.91. The van der Waals surface area contributed by atoms with Gasteiger partial charge in [0.1, 0.15) is 11.3 Å². The van der Waals surface area contributed by atoms with Gasteiger partial charge in [-0.15, -0.1) is 10.2 Å². The van der Waals surface area contributed by atoms with Gasteiger partial charge < -0.3 is 10.2 Å². The summed E-state index contributed by atoms with van der Waals surface area (Å²) in [5.41, 5.74) is 6.61. The van der Waals surface area contributed by atoms with E-state index in [2.05, 4.69) is 10.2 Å². The van der Waals surface area contributed by atoms with Crippen LogP contribution in [0.25, 0.3) is 10.6 Å². The van der Waals surface area contributed by atoms with E-state index in [4.69, 9.17) is 10.2 Å². The van der Waals surface area contributed by atoms with Crippen molar-refractivity contribution in [2.45, 2.75) is 13.0 Å². The first kappa shape index (κ1) is 8.40. The molecule has 2 heterocycles. The highest BCUT2D eigenvalue weighted by Crippen LogP contribution is 2.25. The zero-order chi connectivity index (χ0) is 9.26. The van der Waals surface area contributed by atoms with Crippen molar-refractivity contribution in [1.82, 2.24) is 10.2 Å². The molecule has 5 heteroatoms. The molecule has 1 atom stereocenters. The fourth-order valence-corrected chi connectivity index (χ4v) is 1.70. The van der Waals surface area contributed by atoms with Crippen LogP contribution in [0.15, 0.2) is 23.0 Å². The van der Waals surface area contributed by atoms with E-state index in [0.717, 1.165) is 15.6 Å². The third-order valence-corrected chi connectivity index (χ3v) is 2.77. The van der Waals surface area contributed by atoms with E-state index in [9.17, 15) is 0 Å². The van der Waals surface area contributed by atoms with Gasteiger partial charge in [-0.1, -0.05) is 11.3 Å². The average Bonchev–Trinajstić information content (AvgIpc) is 2.75. The Kier molecular flexibility index (Phi) is 2.12. The molecule has 0 spiro atoms. The van der Waals surface area contributed by atoms with E-state index in [1.165, 1.54) is 11.3 Å². The Hall–Kier alpha value is -1.20. The van der Waals surface area contributed by atoms with E-state index in [0.29, 0.717) is 0 Å². The number of furan rings is 1. The molecular formula is C8H9N3OS. The van der Waals surface area contributed by atoms with Gasteiger partial charge in [-0.3, -0.25) is 0 Å². The second-order valence-corrected chi connectivity index (χ2v) is 3.76. The number of hydrogen-bond donors (Lipinski definition) is 1. The van der Waals surface area contributed by atoms with Crippen LogP contribution in [0.3, 0.4) is 0 Å². The molecule has 1 unspecified atom stereocenters. The number of nitrogens with two attached hydrogens (primary N) is 1. The summed E-state index contributed by atoms with van der Waals surface area (Å²) in [5, 5.41) is 9.67.